The number of hydrogen-bond acceptors (Lipinski definition) is 5. The molecule has 1 aliphatic rings. The molecule has 6 heteroatoms. The molecule has 0 aromatic heterocycles. The van der Waals surface area contributed by atoms with E-state index in [2.05, 4.69) is 0 Å². The van der Waals surface area contributed by atoms with Gasteiger partial charge in [-0.25, -0.2) is 0 Å². The van der Waals surface area contributed by atoms with E-state index in [0.717, 1.165) is 11.1 Å². The Morgan fingerprint density at radius 2 is 1.72 bits per heavy atom. The topological polar surface area (TPSA) is 87.1 Å². The van der Waals surface area contributed by atoms with Crippen LogP contribution >= 0.6 is 0 Å². The summed E-state index contributed by atoms with van der Waals surface area (Å²) >= 11 is 0. The zero-order valence-corrected chi connectivity index (χ0v) is 21.2. The van der Waals surface area contributed by atoms with Crippen molar-refractivity contribution in [2.24, 2.45) is 0 Å². The van der Waals surface area contributed by atoms with E-state index in [1.165, 1.54) is 17.0 Å². The number of aliphatic hydroxyl groups excluding tert-OH is 1. The van der Waals surface area contributed by atoms with Crippen LogP contribution in [-0.2, 0) is 15.0 Å². The Hall–Kier alpha value is -4.06. The van der Waals surface area contributed by atoms with Crippen LogP contribution in [0.15, 0.2) is 72.3 Å². The molecule has 3 aromatic carbocycles. The van der Waals surface area contributed by atoms with E-state index in [1.807, 2.05) is 46.8 Å². The molecule has 1 amide bonds. The van der Waals surface area contributed by atoms with E-state index in [-0.39, 0.29) is 22.5 Å². The quantitative estimate of drug-likeness (QED) is 0.262. The van der Waals surface area contributed by atoms with E-state index in [0.29, 0.717) is 29.2 Å². The minimum atomic E-state index is -0.914. The van der Waals surface area contributed by atoms with Gasteiger partial charge >= 0.3 is 0 Å². The summed E-state index contributed by atoms with van der Waals surface area (Å²) in [5.41, 5.74) is 2.85. The molecule has 0 saturated carbocycles. The number of phenolic OH excluding ortho intramolecular Hbond substituents is 1. The maximum atomic E-state index is 13.4. The molecule has 1 saturated heterocycles. The predicted octanol–water partition coefficient (Wildman–Crippen LogP) is 6.02. The van der Waals surface area contributed by atoms with Gasteiger partial charge in [0.2, 0.25) is 0 Å². The van der Waals surface area contributed by atoms with E-state index in [1.54, 1.807) is 42.5 Å². The molecular formula is C30H31NO5. The van der Waals surface area contributed by atoms with E-state index < -0.39 is 17.7 Å². The lowest BCUT2D eigenvalue weighted by Gasteiger charge is -2.27. The molecule has 0 bridgehead atoms. The summed E-state index contributed by atoms with van der Waals surface area (Å²) in [7, 11) is 0. The van der Waals surface area contributed by atoms with Crippen LogP contribution < -0.4 is 9.64 Å². The van der Waals surface area contributed by atoms with Crippen molar-refractivity contribution in [3.8, 4) is 11.5 Å². The Balaban J connectivity index is 1.97. The Morgan fingerprint density at radius 3 is 2.36 bits per heavy atom. The van der Waals surface area contributed by atoms with Crippen LogP contribution in [0.2, 0.25) is 0 Å². The van der Waals surface area contributed by atoms with Crippen LogP contribution in [0.1, 0.15) is 56.0 Å². The van der Waals surface area contributed by atoms with Gasteiger partial charge in [0.05, 0.1) is 18.2 Å². The molecule has 1 heterocycles. The highest BCUT2D eigenvalue weighted by atomic mass is 16.5. The van der Waals surface area contributed by atoms with Gasteiger partial charge in [0.25, 0.3) is 11.7 Å². The number of carbonyl (C=O) groups excluding carboxylic acids is 2. The molecule has 3 aromatic rings. The first-order valence-electron chi connectivity index (χ1n) is 12.0. The maximum absolute atomic E-state index is 13.4. The summed E-state index contributed by atoms with van der Waals surface area (Å²) in [6.07, 6.45) is 0. The number of rotatable bonds is 5. The minimum Gasteiger partial charge on any atom is -0.508 e. The van der Waals surface area contributed by atoms with Crippen LogP contribution in [0.4, 0.5) is 5.69 Å². The van der Waals surface area contributed by atoms with Crippen molar-refractivity contribution in [3.63, 3.8) is 0 Å². The zero-order valence-electron chi connectivity index (χ0n) is 21.2. The molecule has 1 aliphatic heterocycles. The molecule has 1 fully saturated rings. The van der Waals surface area contributed by atoms with Gasteiger partial charge in [-0.05, 0) is 66.8 Å². The van der Waals surface area contributed by atoms with E-state index in [9.17, 15) is 19.8 Å². The monoisotopic (exact) mass is 485 g/mol. The lowest BCUT2D eigenvalue weighted by atomic mass is 9.84. The van der Waals surface area contributed by atoms with Crippen LogP contribution in [0.25, 0.3) is 5.76 Å². The fourth-order valence-electron chi connectivity index (χ4n) is 4.63. The summed E-state index contributed by atoms with van der Waals surface area (Å²) in [5.74, 6) is -1.09. The molecule has 4 rings (SSSR count). The largest absolute Gasteiger partial charge is 0.508 e. The summed E-state index contributed by atoms with van der Waals surface area (Å²) in [6.45, 7) is 10.4. The highest BCUT2D eigenvalue weighted by Crippen LogP contribution is 2.44. The number of benzene rings is 3. The molecule has 0 radical (unpaired) electrons. The summed E-state index contributed by atoms with van der Waals surface area (Å²) in [6, 6.07) is 18.0. The van der Waals surface area contributed by atoms with Crippen molar-refractivity contribution in [2.75, 3.05) is 11.5 Å². The number of para-hydroxylation sites is 1. The lowest BCUT2D eigenvalue weighted by molar-refractivity contribution is -0.132. The number of anilines is 1. The van der Waals surface area contributed by atoms with Gasteiger partial charge in [-0.15, -0.1) is 0 Å². The number of aliphatic hydroxyl groups is 1. The molecule has 2 N–H and O–H groups in total. The Bertz CT molecular complexity index is 1370. The van der Waals surface area contributed by atoms with Crippen molar-refractivity contribution in [2.45, 2.75) is 46.1 Å². The number of Topliss-reactive ketones (excluding diaryl/α,β-unsaturated/α-hetero) is 1. The number of carbonyl (C=O) groups is 2. The van der Waals surface area contributed by atoms with Gasteiger partial charge in [-0.3, -0.25) is 14.5 Å². The molecule has 186 valence electrons. The molecule has 1 atom stereocenters. The Labute approximate surface area is 211 Å². The summed E-state index contributed by atoms with van der Waals surface area (Å²) in [4.78, 5) is 28.2. The highest BCUT2D eigenvalue weighted by Gasteiger charge is 2.47. The zero-order chi connectivity index (χ0) is 26.2. The number of hydrogen-bond donors (Lipinski definition) is 2. The van der Waals surface area contributed by atoms with Crippen LogP contribution in [0.3, 0.4) is 0 Å². The van der Waals surface area contributed by atoms with Gasteiger partial charge in [0, 0.05) is 16.8 Å². The maximum Gasteiger partial charge on any atom is 0.300 e. The van der Waals surface area contributed by atoms with Crippen LogP contribution in [0, 0.1) is 6.92 Å². The molecular weight excluding hydrogens is 454 g/mol. The highest BCUT2D eigenvalue weighted by molar-refractivity contribution is 6.51. The number of ether oxygens (including phenoxy) is 1. The van der Waals surface area contributed by atoms with E-state index >= 15 is 0 Å². The second-order valence-electron chi connectivity index (χ2n) is 9.94. The van der Waals surface area contributed by atoms with E-state index in [4.69, 9.17) is 4.74 Å². The third-order valence-corrected chi connectivity index (χ3v) is 6.37. The number of amides is 1. The van der Waals surface area contributed by atoms with Gasteiger partial charge < -0.3 is 14.9 Å². The fraction of sp³-hybridized carbons (Fsp3) is 0.267. The van der Waals surface area contributed by atoms with Gasteiger partial charge in [-0.2, -0.15) is 0 Å². The van der Waals surface area contributed by atoms with Crippen molar-refractivity contribution in [1.82, 2.24) is 0 Å². The third kappa shape index (κ3) is 4.47. The number of ketones is 1. The second kappa shape index (κ2) is 9.53. The first-order valence-corrected chi connectivity index (χ1v) is 12.0. The Kier molecular flexibility index (Phi) is 6.63. The fourth-order valence-corrected chi connectivity index (χ4v) is 4.63. The van der Waals surface area contributed by atoms with Crippen molar-refractivity contribution in [1.29, 1.82) is 0 Å². The molecule has 36 heavy (non-hydrogen) atoms. The average molecular weight is 486 g/mol. The molecule has 6 nitrogen and oxygen atoms in total. The standard InChI is InChI=1S/C30H31NO5/c1-6-36-24-15-14-20(17-22(24)30(3,4)5)27(33)25-26(19-11-9-12-21(32)16-19)31(29(35)28(25)34)23-13-8-7-10-18(23)2/h7-17,26,32-33H,6H2,1-5H3/b27-25-. The second-order valence-corrected chi connectivity index (χ2v) is 9.94. The lowest BCUT2D eigenvalue weighted by Crippen LogP contribution is -2.30. The third-order valence-electron chi connectivity index (χ3n) is 6.37. The predicted molar refractivity (Wildman–Crippen MR) is 140 cm³/mol. The SMILES string of the molecule is CCOc1ccc(/C(O)=C2/C(=O)C(=O)N(c3ccccc3C)C2c2cccc(O)c2)cc1C(C)(C)C. The summed E-state index contributed by atoms with van der Waals surface area (Å²) < 4.78 is 5.80. The number of phenols is 1. The molecule has 0 aliphatic carbocycles. The molecule has 0 spiro atoms. The normalized spacial score (nSPS) is 17.5. The van der Waals surface area contributed by atoms with Gasteiger partial charge in [-0.1, -0.05) is 51.1 Å². The molecule has 1 unspecified atom stereocenters. The Morgan fingerprint density at radius 1 is 1.00 bits per heavy atom. The average Bonchev–Trinajstić information content (AvgIpc) is 3.09. The number of aryl methyl sites for hydroxylation is 1. The van der Waals surface area contributed by atoms with Crippen molar-refractivity contribution < 1.29 is 24.5 Å². The number of aromatic hydroxyl groups is 1. The minimum absolute atomic E-state index is 0.000965. The van der Waals surface area contributed by atoms with Gasteiger partial charge in [0.15, 0.2) is 0 Å². The first-order chi connectivity index (χ1) is 17.0. The van der Waals surface area contributed by atoms with Crippen molar-refractivity contribution in [3.05, 3.63) is 94.6 Å². The smallest absolute Gasteiger partial charge is 0.300 e. The van der Waals surface area contributed by atoms with Crippen molar-refractivity contribution >= 4 is 23.1 Å². The van der Waals surface area contributed by atoms with Gasteiger partial charge in [0.1, 0.15) is 17.3 Å². The van der Waals surface area contributed by atoms with Crippen LogP contribution in [0.5, 0.6) is 11.5 Å². The van der Waals surface area contributed by atoms with Crippen LogP contribution in [-0.4, -0.2) is 28.5 Å². The first kappa shape index (κ1) is 25.0. The number of nitrogens with zero attached hydrogens (tertiary/aromatic N) is 1. The summed E-state index contributed by atoms with van der Waals surface area (Å²) in [5, 5.41) is 21.7.